The van der Waals surface area contributed by atoms with Crippen LogP contribution in [-0.2, 0) is 16.2 Å². The summed E-state index contributed by atoms with van der Waals surface area (Å²) >= 11 is 0. The number of nitrogens with zero attached hydrogens (tertiary/aromatic N) is 3. The molecule has 0 spiro atoms. The molecule has 42 heavy (non-hydrogen) atoms. The summed E-state index contributed by atoms with van der Waals surface area (Å²) < 4.78 is 0. The van der Waals surface area contributed by atoms with Crippen molar-refractivity contribution in [2.24, 2.45) is 0 Å². The summed E-state index contributed by atoms with van der Waals surface area (Å²) in [5, 5.41) is 3.49. The van der Waals surface area contributed by atoms with Gasteiger partial charge in [-0.2, -0.15) is 0 Å². The minimum atomic E-state index is -0.0469. The van der Waals surface area contributed by atoms with E-state index in [-0.39, 0.29) is 16.2 Å². The molecular weight excluding hydrogens is 510 g/mol. The van der Waals surface area contributed by atoms with Gasteiger partial charge in [0.25, 0.3) is 0 Å². The maximum absolute atomic E-state index is 5.03. The van der Waals surface area contributed by atoms with E-state index in [0.29, 0.717) is 0 Å². The summed E-state index contributed by atoms with van der Waals surface area (Å²) in [4.78, 5) is 14.7. The van der Waals surface area contributed by atoms with Gasteiger partial charge in [0.05, 0.1) is 16.6 Å². The predicted molar refractivity (Wildman–Crippen MR) is 179 cm³/mol. The van der Waals surface area contributed by atoms with E-state index in [0.717, 1.165) is 49.6 Å². The second-order valence-electron chi connectivity index (χ2n) is 14.7. The number of benzene rings is 3. The van der Waals surface area contributed by atoms with Crippen molar-refractivity contribution in [2.75, 3.05) is 0 Å². The Bertz CT molecular complexity index is 1980. The van der Waals surface area contributed by atoms with Gasteiger partial charge in [-0.05, 0) is 80.5 Å². The highest BCUT2D eigenvalue weighted by atomic mass is 14.7. The summed E-state index contributed by atoms with van der Waals surface area (Å²) in [7, 11) is 0. The van der Waals surface area contributed by atoms with Crippen LogP contribution in [0.1, 0.15) is 79.0 Å². The molecule has 0 aliphatic carbocycles. The summed E-state index contributed by atoms with van der Waals surface area (Å²) in [6.45, 7) is 20.4. The van der Waals surface area contributed by atoms with Gasteiger partial charge in [-0.1, -0.05) is 92.6 Å². The molecule has 6 rings (SSSR count). The predicted octanol–water partition coefficient (Wildman–Crippen LogP) is 10.6. The van der Waals surface area contributed by atoms with Gasteiger partial charge >= 0.3 is 0 Å². The number of aromatic nitrogens is 3. The molecule has 0 atom stereocenters. The lowest BCUT2D eigenvalue weighted by Gasteiger charge is -2.24. The van der Waals surface area contributed by atoms with Gasteiger partial charge in [0.15, 0.2) is 0 Å². The van der Waals surface area contributed by atoms with Crippen LogP contribution < -0.4 is 0 Å². The zero-order chi connectivity index (χ0) is 30.0. The van der Waals surface area contributed by atoms with Crippen LogP contribution >= 0.6 is 0 Å². The molecule has 3 aromatic carbocycles. The lowest BCUT2D eigenvalue weighted by Crippen LogP contribution is -2.12. The largest absolute Gasteiger partial charge is 0.256 e. The Balaban J connectivity index is 1.68. The van der Waals surface area contributed by atoms with E-state index in [1.807, 2.05) is 24.7 Å². The molecule has 6 aromatic rings. The molecule has 0 saturated heterocycles. The third-order valence-corrected chi connectivity index (χ3v) is 8.48. The summed E-state index contributed by atoms with van der Waals surface area (Å²) in [5.74, 6) is 0. The van der Waals surface area contributed by atoms with Crippen LogP contribution in [0.3, 0.4) is 0 Å². The lowest BCUT2D eigenvalue weighted by atomic mass is 9.81. The zero-order valence-corrected chi connectivity index (χ0v) is 26.4. The van der Waals surface area contributed by atoms with E-state index >= 15 is 0 Å². The van der Waals surface area contributed by atoms with Gasteiger partial charge in [-0.3, -0.25) is 15.0 Å². The van der Waals surface area contributed by atoms with Crippen molar-refractivity contribution in [3.05, 3.63) is 102 Å². The van der Waals surface area contributed by atoms with Crippen molar-refractivity contribution < 1.29 is 0 Å². The molecule has 3 aromatic heterocycles. The minimum Gasteiger partial charge on any atom is -0.256 e. The van der Waals surface area contributed by atoms with E-state index in [9.17, 15) is 0 Å². The minimum absolute atomic E-state index is 0.0158. The Hall–Kier alpha value is -4.11. The Morgan fingerprint density at radius 3 is 1.76 bits per heavy atom. The van der Waals surface area contributed by atoms with Gasteiger partial charge in [-0.25, -0.2) is 0 Å². The van der Waals surface area contributed by atoms with Crippen LogP contribution in [0.2, 0.25) is 0 Å². The van der Waals surface area contributed by atoms with Gasteiger partial charge < -0.3 is 0 Å². The Labute approximate surface area is 250 Å². The maximum atomic E-state index is 5.03. The van der Waals surface area contributed by atoms with Gasteiger partial charge in [0.1, 0.15) is 0 Å². The first kappa shape index (κ1) is 28.0. The van der Waals surface area contributed by atoms with Crippen LogP contribution in [0, 0.1) is 0 Å². The van der Waals surface area contributed by atoms with Gasteiger partial charge in [-0.15, -0.1) is 0 Å². The first-order chi connectivity index (χ1) is 19.7. The van der Waals surface area contributed by atoms with Gasteiger partial charge in [0.2, 0.25) is 0 Å². The third kappa shape index (κ3) is 4.85. The molecule has 0 fully saturated rings. The number of rotatable bonds is 2. The maximum Gasteiger partial charge on any atom is 0.0786 e. The molecule has 3 nitrogen and oxygen atoms in total. The second kappa shape index (κ2) is 9.73. The molecule has 0 aliphatic rings. The first-order valence-electron chi connectivity index (χ1n) is 14.9. The second-order valence-corrected chi connectivity index (χ2v) is 14.7. The van der Waals surface area contributed by atoms with Crippen molar-refractivity contribution >= 4 is 32.7 Å². The van der Waals surface area contributed by atoms with Crippen molar-refractivity contribution in [1.82, 2.24) is 15.0 Å². The molecule has 0 N–H and O–H groups in total. The van der Waals surface area contributed by atoms with Crippen molar-refractivity contribution in [3.8, 4) is 22.3 Å². The highest BCUT2D eigenvalue weighted by Crippen LogP contribution is 2.42. The van der Waals surface area contributed by atoms with Crippen LogP contribution in [0.4, 0.5) is 0 Å². The molecule has 0 amide bonds. The third-order valence-electron chi connectivity index (χ3n) is 8.48. The normalized spacial score (nSPS) is 12.9. The number of fused-ring (bicyclic) bond motifs is 3. The number of hydrogen-bond donors (Lipinski definition) is 0. The van der Waals surface area contributed by atoms with Crippen molar-refractivity contribution in [1.29, 1.82) is 0 Å². The molecule has 0 radical (unpaired) electrons. The fraction of sp³-hybridized carbons (Fsp3) is 0.308. The van der Waals surface area contributed by atoms with E-state index in [2.05, 4.69) is 123 Å². The first-order valence-corrected chi connectivity index (χ1v) is 14.9. The molecule has 0 aliphatic heterocycles. The van der Waals surface area contributed by atoms with E-state index in [1.54, 1.807) is 0 Å². The van der Waals surface area contributed by atoms with Gasteiger partial charge in [0, 0.05) is 45.9 Å². The van der Waals surface area contributed by atoms with E-state index in [1.165, 1.54) is 22.1 Å². The molecule has 0 saturated carbocycles. The average Bonchev–Trinajstić information content (AvgIpc) is 2.93. The molecule has 0 unspecified atom stereocenters. The fourth-order valence-electron chi connectivity index (χ4n) is 6.02. The monoisotopic (exact) mass is 551 g/mol. The quantitative estimate of drug-likeness (QED) is 0.215. The molecular formula is C39H41N3. The SMILES string of the molecule is CC(C)(C)c1ccc2c(-c3cc(C(C)(C)C)cc4c(-c5ccc(C(C)(C)C)c6cccnc56)ccnc34)ccnc2c1. The van der Waals surface area contributed by atoms with E-state index < -0.39 is 0 Å². The van der Waals surface area contributed by atoms with Crippen molar-refractivity contribution in [2.45, 2.75) is 78.6 Å². The topological polar surface area (TPSA) is 38.7 Å². The summed E-state index contributed by atoms with van der Waals surface area (Å²) in [6, 6.07) is 24.5. The lowest BCUT2D eigenvalue weighted by molar-refractivity contribution is 0.590. The van der Waals surface area contributed by atoms with E-state index in [4.69, 9.17) is 15.0 Å². The smallest absolute Gasteiger partial charge is 0.0786 e. The Morgan fingerprint density at radius 1 is 0.429 bits per heavy atom. The molecule has 3 heterocycles. The fourth-order valence-corrected chi connectivity index (χ4v) is 6.02. The van der Waals surface area contributed by atoms with Crippen LogP contribution in [0.5, 0.6) is 0 Å². The molecule has 3 heteroatoms. The standard InChI is InChI=1S/C39H41N3/c1-37(2,3)24-12-13-28-26(16-19-40-34(28)23-24)31-21-25(38(4,5)6)22-32-27(17-20-42-36(31)32)29-14-15-33(39(7,8)9)30-11-10-18-41-35(29)30/h10-23H,1-9H3. The van der Waals surface area contributed by atoms with Crippen molar-refractivity contribution in [3.63, 3.8) is 0 Å². The summed E-state index contributed by atoms with van der Waals surface area (Å²) in [5.41, 5.74) is 11.5. The summed E-state index contributed by atoms with van der Waals surface area (Å²) in [6.07, 6.45) is 5.79. The number of pyridine rings is 3. The Morgan fingerprint density at radius 2 is 1.07 bits per heavy atom. The molecule has 212 valence electrons. The highest BCUT2D eigenvalue weighted by molar-refractivity contribution is 6.10. The van der Waals surface area contributed by atoms with Crippen LogP contribution in [-0.4, -0.2) is 15.0 Å². The van der Waals surface area contributed by atoms with Crippen LogP contribution in [0.15, 0.2) is 85.3 Å². The van der Waals surface area contributed by atoms with Crippen LogP contribution in [0.25, 0.3) is 55.0 Å². The number of hydrogen-bond acceptors (Lipinski definition) is 3. The highest BCUT2D eigenvalue weighted by Gasteiger charge is 2.23. The average molecular weight is 552 g/mol. The molecule has 0 bridgehead atoms. The Kier molecular flexibility index (Phi) is 6.49. The zero-order valence-electron chi connectivity index (χ0n) is 26.4.